The summed E-state index contributed by atoms with van der Waals surface area (Å²) in [5.74, 6) is -0.442. The summed E-state index contributed by atoms with van der Waals surface area (Å²) in [4.78, 5) is 40.0. The number of anilines is 1. The van der Waals surface area contributed by atoms with Crippen LogP contribution >= 0.6 is 11.3 Å². The van der Waals surface area contributed by atoms with Crippen LogP contribution in [0.5, 0.6) is 0 Å². The molecule has 4 N–H and O–H groups in total. The predicted molar refractivity (Wildman–Crippen MR) is 115 cm³/mol. The van der Waals surface area contributed by atoms with Crippen LogP contribution in [0.1, 0.15) is 29.8 Å². The summed E-state index contributed by atoms with van der Waals surface area (Å²) in [6.07, 6.45) is 0. The lowest BCUT2D eigenvalue weighted by Crippen LogP contribution is -2.34. The fourth-order valence-electron chi connectivity index (χ4n) is 2.64. The first kappa shape index (κ1) is 20.3. The molecule has 2 aromatic heterocycles. The molecule has 3 rings (SSSR count). The largest absolute Gasteiger partial charge is 0.348 e. The first-order valence-electron chi connectivity index (χ1n) is 9.14. The van der Waals surface area contributed by atoms with Gasteiger partial charge in [0.1, 0.15) is 5.56 Å². The first-order valence-corrected chi connectivity index (χ1v) is 10.0. The van der Waals surface area contributed by atoms with E-state index in [1.807, 2.05) is 31.4 Å². The molecule has 0 fully saturated rings. The van der Waals surface area contributed by atoms with Crippen LogP contribution in [0.15, 0.2) is 58.7 Å². The fraction of sp³-hybridized carbons (Fsp3) is 0.190. The van der Waals surface area contributed by atoms with Crippen molar-refractivity contribution in [3.63, 3.8) is 0 Å². The summed E-state index contributed by atoms with van der Waals surface area (Å²) in [5, 5.41) is 10.1. The van der Waals surface area contributed by atoms with Crippen LogP contribution in [0.2, 0.25) is 0 Å². The molecule has 150 valence electrons. The third-order valence-corrected chi connectivity index (χ3v) is 4.93. The van der Waals surface area contributed by atoms with Gasteiger partial charge < -0.3 is 20.9 Å². The van der Waals surface area contributed by atoms with E-state index in [1.54, 1.807) is 30.3 Å². The molecule has 8 heteroatoms. The highest BCUT2D eigenvalue weighted by Crippen LogP contribution is 2.21. The van der Waals surface area contributed by atoms with Gasteiger partial charge in [-0.25, -0.2) is 4.79 Å². The molecule has 0 atom stereocenters. The van der Waals surface area contributed by atoms with Gasteiger partial charge in [0.2, 0.25) is 0 Å². The summed E-state index contributed by atoms with van der Waals surface area (Å²) in [6, 6.07) is 13.9. The van der Waals surface area contributed by atoms with Crippen molar-refractivity contribution in [1.29, 1.82) is 0 Å². The zero-order chi connectivity index (χ0) is 20.8. The number of carbonyl (C=O) groups excluding carboxylic acids is 2. The van der Waals surface area contributed by atoms with Gasteiger partial charge in [0.25, 0.3) is 11.5 Å². The Labute approximate surface area is 172 Å². The second kappa shape index (κ2) is 9.20. The molecular formula is C21H22N4O3S. The van der Waals surface area contributed by atoms with Crippen LogP contribution in [0.25, 0.3) is 10.6 Å². The van der Waals surface area contributed by atoms with Gasteiger partial charge in [0.05, 0.1) is 10.6 Å². The molecule has 3 aromatic rings. The van der Waals surface area contributed by atoms with E-state index in [9.17, 15) is 14.4 Å². The van der Waals surface area contributed by atoms with Crippen LogP contribution in [0.3, 0.4) is 0 Å². The normalized spacial score (nSPS) is 10.6. The van der Waals surface area contributed by atoms with Gasteiger partial charge in [0, 0.05) is 18.3 Å². The van der Waals surface area contributed by atoms with Crippen molar-refractivity contribution in [2.45, 2.75) is 26.4 Å². The van der Waals surface area contributed by atoms with E-state index < -0.39 is 11.5 Å². The molecule has 0 unspecified atom stereocenters. The van der Waals surface area contributed by atoms with Gasteiger partial charge in [-0.2, -0.15) is 0 Å². The van der Waals surface area contributed by atoms with Crippen LogP contribution < -0.4 is 21.5 Å². The van der Waals surface area contributed by atoms with Crippen molar-refractivity contribution in [2.75, 3.05) is 5.32 Å². The highest BCUT2D eigenvalue weighted by atomic mass is 32.1. The SMILES string of the molecule is CC(C)NC(=O)Nc1ccc(CNC(=O)c2ccc(-c3cccs3)[nH]c2=O)cc1. The van der Waals surface area contributed by atoms with Crippen LogP contribution in [0.4, 0.5) is 10.5 Å². The zero-order valence-corrected chi connectivity index (χ0v) is 16.9. The Kier molecular flexibility index (Phi) is 6.46. The summed E-state index contributed by atoms with van der Waals surface area (Å²) < 4.78 is 0. The molecule has 0 saturated carbocycles. The van der Waals surface area contributed by atoms with Gasteiger partial charge in [-0.05, 0) is 55.1 Å². The molecule has 1 aromatic carbocycles. The monoisotopic (exact) mass is 410 g/mol. The third-order valence-electron chi connectivity index (χ3n) is 4.03. The van der Waals surface area contributed by atoms with Crippen molar-refractivity contribution < 1.29 is 9.59 Å². The number of pyridine rings is 1. The summed E-state index contributed by atoms with van der Waals surface area (Å²) >= 11 is 1.51. The van der Waals surface area contributed by atoms with Crippen molar-refractivity contribution in [2.24, 2.45) is 0 Å². The minimum absolute atomic E-state index is 0.0482. The molecule has 2 heterocycles. The summed E-state index contributed by atoms with van der Waals surface area (Å²) in [5.41, 5.74) is 1.82. The third kappa shape index (κ3) is 5.55. The number of aromatic nitrogens is 1. The highest BCUT2D eigenvalue weighted by Gasteiger charge is 2.12. The topological polar surface area (TPSA) is 103 Å². The lowest BCUT2D eigenvalue weighted by atomic mass is 10.2. The van der Waals surface area contributed by atoms with Gasteiger partial charge in [-0.15, -0.1) is 11.3 Å². The molecule has 0 radical (unpaired) electrons. The van der Waals surface area contributed by atoms with Crippen LogP contribution in [-0.2, 0) is 6.54 Å². The second-order valence-electron chi connectivity index (χ2n) is 6.72. The van der Waals surface area contributed by atoms with E-state index in [2.05, 4.69) is 20.9 Å². The molecule has 0 aliphatic rings. The number of amides is 3. The number of benzene rings is 1. The lowest BCUT2D eigenvalue weighted by Gasteiger charge is -2.11. The number of hydrogen-bond donors (Lipinski definition) is 4. The molecule has 0 bridgehead atoms. The Morgan fingerprint density at radius 3 is 2.45 bits per heavy atom. The molecular weight excluding hydrogens is 388 g/mol. The fourth-order valence-corrected chi connectivity index (χ4v) is 3.35. The molecule has 0 aliphatic carbocycles. The number of carbonyl (C=O) groups is 2. The van der Waals surface area contributed by atoms with E-state index in [0.29, 0.717) is 11.4 Å². The Hall–Kier alpha value is -3.39. The Morgan fingerprint density at radius 2 is 1.83 bits per heavy atom. The van der Waals surface area contributed by atoms with E-state index in [0.717, 1.165) is 10.4 Å². The molecule has 0 saturated heterocycles. The number of hydrogen-bond acceptors (Lipinski definition) is 4. The van der Waals surface area contributed by atoms with Crippen molar-refractivity contribution in [1.82, 2.24) is 15.6 Å². The maximum absolute atomic E-state index is 12.4. The average molecular weight is 410 g/mol. The Morgan fingerprint density at radius 1 is 1.07 bits per heavy atom. The van der Waals surface area contributed by atoms with Crippen molar-refractivity contribution >= 4 is 29.0 Å². The van der Waals surface area contributed by atoms with Gasteiger partial charge in [0.15, 0.2) is 0 Å². The number of rotatable bonds is 6. The highest BCUT2D eigenvalue weighted by molar-refractivity contribution is 7.13. The van der Waals surface area contributed by atoms with Gasteiger partial charge >= 0.3 is 6.03 Å². The quantitative estimate of drug-likeness (QED) is 0.499. The van der Waals surface area contributed by atoms with Gasteiger partial charge in [-0.3, -0.25) is 9.59 Å². The van der Waals surface area contributed by atoms with Crippen LogP contribution in [-0.4, -0.2) is 23.0 Å². The minimum atomic E-state index is -0.442. The zero-order valence-electron chi connectivity index (χ0n) is 16.1. The summed E-state index contributed by atoms with van der Waals surface area (Å²) in [7, 11) is 0. The van der Waals surface area contributed by atoms with Crippen LogP contribution in [0, 0.1) is 0 Å². The predicted octanol–water partition coefficient (Wildman–Crippen LogP) is 3.56. The molecule has 0 aliphatic heterocycles. The Balaban J connectivity index is 1.58. The molecule has 7 nitrogen and oxygen atoms in total. The van der Waals surface area contributed by atoms with E-state index in [-0.39, 0.29) is 24.2 Å². The second-order valence-corrected chi connectivity index (χ2v) is 7.67. The van der Waals surface area contributed by atoms with Gasteiger partial charge in [-0.1, -0.05) is 18.2 Å². The number of urea groups is 1. The Bertz CT molecular complexity index is 1040. The minimum Gasteiger partial charge on any atom is -0.348 e. The van der Waals surface area contributed by atoms with E-state index in [4.69, 9.17) is 0 Å². The maximum Gasteiger partial charge on any atom is 0.319 e. The maximum atomic E-state index is 12.4. The standard InChI is InChI=1S/C21H22N4O3S/c1-13(2)23-21(28)24-15-7-5-14(6-8-15)12-22-19(26)16-9-10-17(25-20(16)27)18-4-3-11-29-18/h3-11,13H,12H2,1-2H3,(H,22,26)(H,25,27)(H2,23,24,28). The number of thiophene rings is 1. The smallest absolute Gasteiger partial charge is 0.319 e. The van der Waals surface area contributed by atoms with Crippen molar-refractivity contribution in [3.05, 3.63) is 75.4 Å². The van der Waals surface area contributed by atoms with E-state index >= 15 is 0 Å². The molecule has 29 heavy (non-hydrogen) atoms. The van der Waals surface area contributed by atoms with Crippen molar-refractivity contribution in [3.8, 4) is 10.6 Å². The number of H-pyrrole nitrogens is 1. The molecule has 0 spiro atoms. The first-order chi connectivity index (χ1) is 13.9. The number of aromatic amines is 1. The summed E-state index contributed by atoms with van der Waals surface area (Å²) in [6.45, 7) is 4.03. The average Bonchev–Trinajstić information content (AvgIpc) is 3.21. The lowest BCUT2D eigenvalue weighted by molar-refractivity contribution is 0.0949. The van der Waals surface area contributed by atoms with E-state index in [1.165, 1.54) is 17.4 Å². The number of nitrogens with one attached hydrogen (secondary N) is 4. The molecule has 3 amide bonds.